The number of ether oxygens (including phenoxy) is 1. The molecule has 28 heavy (non-hydrogen) atoms. The first-order valence-corrected chi connectivity index (χ1v) is 10.7. The second-order valence-corrected chi connectivity index (χ2v) is 8.39. The number of carbonyl (C=O) groups excluding carboxylic acids is 1. The molecule has 0 unspecified atom stereocenters. The summed E-state index contributed by atoms with van der Waals surface area (Å²) in [6, 6.07) is 13.1. The van der Waals surface area contributed by atoms with Gasteiger partial charge in [-0.2, -0.15) is 0 Å². The largest absolute Gasteiger partial charge is 0.497 e. The van der Waals surface area contributed by atoms with E-state index in [4.69, 9.17) is 4.74 Å². The van der Waals surface area contributed by atoms with E-state index in [9.17, 15) is 17.6 Å². The van der Waals surface area contributed by atoms with E-state index in [-0.39, 0.29) is 31.0 Å². The Bertz CT molecular complexity index is 901. The number of benzene rings is 2. The van der Waals surface area contributed by atoms with Gasteiger partial charge in [-0.05, 0) is 36.2 Å². The molecule has 0 radical (unpaired) electrons. The maximum Gasteiger partial charge on any atom is 0.232 e. The number of hydrogen-bond acceptors (Lipinski definition) is 4. The Labute approximate surface area is 165 Å². The molecular weight excluding hydrogens is 383 g/mol. The predicted octanol–water partition coefficient (Wildman–Crippen LogP) is 3.04. The van der Waals surface area contributed by atoms with Crippen LogP contribution in [-0.4, -0.2) is 46.2 Å². The number of amides is 1. The topological polar surface area (TPSA) is 66.9 Å². The van der Waals surface area contributed by atoms with Crippen molar-refractivity contribution in [3.63, 3.8) is 0 Å². The van der Waals surface area contributed by atoms with Crippen LogP contribution in [0.4, 0.5) is 10.1 Å². The normalized spacial score (nSPS) is 11.1. The lowest BCUT2D eigenvalue weighted by molar-refractivity contribution is -0.130. The summed E-state index contributed by atoms with van der Waals surface area (Å²) in [5.74, 6) is 0.0143. The number of carbonyl (C=O) groups is 1. The minimum atomic E-state index is -3.66. The van der Waals surface area contributed by atoms with Gasteiger partial charge in [0.25, 0.3) is 0 Å². The zero-order valence-corrected chi connectivity index (χ0v) is 17.1. The van der Waals surface area contributed by atoms with Crippen LogP contribution >= 0.6 is 0 Å². The highest BCUT2D eigenvalue weighted by molar-refractivity contribution is 7.92. The molecule has 0 aliphatic carbocycles. The van der Waals surface area contributed by atoms with Gasteiger partial charge in [-0.1, -0.05) is 24.3 Å². The summed E-state index contributed by atoms with van der Waals surface area (Å²) in [5.41, 5.74) is 0.949. The number of halogens is 1. The summed E-state index contributed by atoms with van der Waals surface area (Å²) in [6.07, 6.45) is 1.47. The maximum atomic E-state index is 14.0. The highest BCUT2D eigenvalue weighted by atomic mass is 32.2. The van der Waals surface area contributed by atoms with E-state index in [1.54, 1.807) is 25.1 Å². The fraction of sp³-hybridized carbons (Fsp3) is 0.350. The van der Waals surface area contributed by atoms with Gasteiger partial charge in [0.1, 0.15) is 11.6 Å². The molecule has 0 aromatic heterocycles. The van der Waals surface area contributed by atoms with Gasteiger partial charge in [-0.3, -0.25) is 9.10 Å². The third-order valence-electron chi connectivity index (χ3n) is 4.28. The number of methoxy groups -OCH3 is 1. The lowest BCUT2D eigenvalue weighted by atomic mass is 10.2. The van der Waals surface area contributed by atoms with Crippen LogP contribution < -0.4 is 9.04 Å². The van der Waals surface area contributed by atoms with Gasteiger partial charge in [-0.25, -0.2) is 12.8 Å². The van der Waals surface area contributed by atoms with Crippen LogP contribution in [-0.2, 0) is 21.4 Å². The van der Waals surface area contributed by atoms with Crippen molar-refractivity contribution in [3.05, 3.63) is 59.9 Å². The molecule has 8 heteroatoms. The third kappa shape index (κ3) is 5.95. The van der Waals surface area contributed by atoms with Crippen molar-refractivity contribution >= 4 is 21.6 Å². The van der Waals surface area contributed by atoms with Gasteiger partial charge in [0.15, 0.2) is 0 Å². The lowest BCUT2D eigenvalue weighted by Crippen LogP contribution is -2.33. The molecule has 6 nitrogen and oxygen atoms in total. The van der Waals surface area contributed by atoms with Crippen molar-refractivity contribution < 1.29 is 22.3 Å². The van der Waals surface area contributed by atoms with Crippen LogP contribution in [0.3, 0.4) is 0 Å². The Morgan fingerprint density at radius 2 is 1.75 bits per heavy atom. The Hall–Kier alpha value is -2.61. The second-order valence-electron chi connectivity index (χ2n) is 6.49. The number of rotatable bonds is 9. The van der Waals surface area contributed by atoms with E-state index >= 15 is 0 Å². The molecule has 0 saturated carbocycles. The van der Waals surface area contributed by atoms with Crippen LogP contribution in [0.1, 0.15) is 18.4 Å². The quantitative estimate of drug-likeness (QED) is 0.640. The molecule has 2 aromatic rings. The van der Waals surface area contributed by atoms with E-state index < -0.39 is 15.8 Å². The molecule has 0 saturated heterocycles. The summed E-state index contributed by atoms with van der Waals surface area (Å²) in [6.45, 7) is 0.466. The van der Waals surface area contributed by atoms with Crippen LogP contribution in [0.2, 0.25) is 0 Å². The SMILES string of the molecule is COc1ccc(CN(C)C(=O)CCCN(c2ccccc2F)S(C)(=O)=O)cc1. The maximum absolute atomic E-state index is 14.0. The molecule has 2 rings (SSSR count). The van der Waals surface area contributed by atoms with Gasteiger partial charge in [0.2, 0.25) is 15.9 Å². The minimum absolute atomic E-state index is 0.0102. The van der Waals surface area contributed by atoms with Crippen molar-refractivity contribution in [2.45, 2.75) is 19.4 Å². The molecule has 0 spiro atoms. The highest BCUT2D eigenvalue weighted by Gasteiger charge is 2.21. The molecule has 0 bridgehead atoms. The first-order chi connectivity index (χ1) is 13.2. The molecule has 0 aliphatic heterocycles. The zero-order chi connectivity index (χ0) is 20.7. The number of hydrogen-bond donors (Lipinski definition) is 0. The standard InChI is InChI=1S/C20H25FN2O4S/c1-22(15-16-10-12-17(27-2)13-11-16)20(24)9-6-14-23(28(3,25)26)19-8-5-4-7-18(19)21/h4-5,7-8,10-13H,6,9,14-15H2,1-3H3. The van der Waals surface area contributed by atoms with Crippen molar-refractivity contribution in [2.75, 3.05) is 31.3 Å². The highest BCUT2D eigenvalue weighted by Crippen LogP contribution is 2.22. The number of nitrogens with zero attached hydrogens (tertiary/aromatic N) is 2. The van der Waals surface area contributed by atoms with Gasteiger partial charge >= 0.3 is 0 Å². The van der Waals surface area contributed by atoms with Crippen molar-refractivity contribution in [3.8, 4) is 5.75 Å². The fourth-order valence-corrected chi connectivity index (χ4v) is 3.74. The first-order valence-electron chi connectivity index (χ1n) is 8.81. The molecular formula is C20H25FN2O4S. The lowest BCUT2D eigenvalue weighted by Gasteiger charge is -2.23. The van der Waals surface area contributed by atoms with Gasteiger partial charge in [0, 0.05) is 26.6 Å². The van der Waals surface area contributed by atoms with E-state index in [1.165, 1.54) is 18.2 Å². The van der Waals surface area contributed by atoms with Gasteiger partial charge in [-0.15, -0.1) is 0 Å². The van der Waals surface area contributed by atoms with Crippen molar-refractivity contribution in [2.24, 2.45) is 0 Å². The molecule has 0 heterocycles. The average Bonchev–Trinajstić information content (AvgIpc) is 2.65. The zero-order valence-electron chi connectivity index (χ0n) is 16.3. The average molecular weight is 408 g/mol. The summed E-state index contributed by atoms with van der Waals surface area (Å²) in [4.78, 5) is 13.9. The van der Waals surface area contributed by atoms with E-state index in [0.717, 1.165) is 21.9 Å². The third-order valence-corrected chi connectivity index (χ3v) is 5.46. The van der Waals surface area contributed by atoms with Crippen molar-refractivity contribution in [1.82, 2.24) is 4.90 Å². The molecule has 1 amide bonds. The Morgan fingerprint density at radius 1 is 1.11 bits per heavy atom. The van der Waals surface area contributed by atoms with Crippen LogP contribution in [0.5, 0.6) is 5.75 Å². The Morgan fingerprint density at radius 3 is 2.32 bits per heavy atom. The molecule has 0 N–H and O–H groups in total. The number of anilines is 1. The fourth-order valence-electron chi connectivity index (χ4n) is 2.78. The Balaban J connectivity index is 1.93. The summed E-state index contributed by atoms with van der Waals surface area (Å²) in [5, 5.41) is 0. The first kappa shape index (κ1) is 21.7. The molecule has 152 valence electrons. The predicted molar refractivity (Wildman–Crippen MR) is 107 cm³/mol. The van der Waals surface area contributed by atoms with Crippen LogP contribution in [0.25, 0.3) is 0 Å². The summed E-state index contributed by atoms with van der Waals surface area (Å²) < 4.78 is 44.2. The summed E-state index contributed by atoms with van der Waals surface area (Å²) in [7, 11) is -0.376. The molecule has 0 atom stereocenters. The number of sulfonamides is 1. The smallest absolute Gasteiger partial charge is 0.232 e. The molecule has 2 aromatic carbocycles. The number of para-hydroxylation sites is 1. The van der Waals surface area contributed by atoms with E-state index in [0.29, 0.717) is 6.54 Å². The second kappa shape index (κ2) is 9.54. The van der Waals surface area contributed by atoms with Gasteiger partial charge < -0.3 is 9.64 Å². The van der Waals surface area contributed by atoms with Crippen LogP contribution in [0.15, 0.2) is 48.5 Å². The minimum Gasteiger partial charge on any atom is -0.497 e. The molecule has 0 aliphatic rings. The molecule has 0 fully saturated rings. The van der Waals surface area contributed by atoms with Gasteiger partial charge in [0.05, 0.1) is 19.1 Å². The monoisotopic (exact) mass is 408 g/mol. The Kier molecular flexibility index (Phi) is 7.39. The van der Waals surface area contributed by atoms with Crippen molar-refractivity contribution in [1.29, 1.82) is 0 Å². The summed E-state index contributed by atoms with van der Waals surface area (Å²) >= 11 is 0. The van der Waals surface area contributed by atoms with E-state index in [2.05, 4.69) is 0 Å². The van der Waals surface area contributed by atoms with E-state index in [1.807, 2.05) is 24.3 Å². The van der Waals surface area contributed by atoms with Crippen LogP contribution in [0, 0.1) is 5.82 Å².